The van der Waals surface area contributed by atoms with Crippen LogP contribution in [0, 0.1) is 5.41 Å². The fourth-order valence-electron chi connectivity index (χ4n) is 7.46. The Morgan fingerprint density at radius 1 is 0.889 bits per heavy atom. The summed E-state index contributed by atoms with van der Waals surface area (Å²) in [5.74, 6) is 0.654. The summed E-state index contributed by atoms with van der Waals surface area (Å²) in [5.41, 5.74) is 3.18. The van der Waals surface area contributed by atoms with Gasteiger partial charge >= 0.3 is 6.18 Å². The summed E-state index contributed by atoms with van der Waals surface area (Å²) in [7, 11) is -1.34. The van der Waals surface area contributed by atoms with Crippen LogP contribution in [0.4, 0.5) is 13.2 Å². The van der Waals surface area contributed by atoms with Crippen molar-refractivity contribution in [1.29, 1.82) is 0 Å². The van der Waals surface area contributed by atoms with Crippen molar-refractivity contribution in [3.8, 4) is 21.8 Å². The molecule has 0 radical (unpaired) electrons. The zero-order valence-electron chi connectivity index (χ0n) is 31.7. The van der Waals surface area contributed by atoms with Crippen molar-refractivity contribution in [2.24, 2.45) is 5.41 Å². The van der Waals surface area contributed by atoms with Gasteiger partial charge in [0.15, 0.2) is 5.82 Å². The van der Waals surface area contributed by atoms with E-state index in [0.717, 1.165) is 16.5 Å². The Morgan fingerprint density at radius 2 is 1.54 bits per heavy atom. The number of hydrogen-bond acceptors (Lipinski definition) is 6. The summed E-state index contributed by atoms with van der Waals surface area (Å²) in [6, 6.07) is 30.1. The van der Waals surface area contributed by atoms with Crippen LogP contribution in [-0.4, -0.2) is 47.1 Å². The van der Waals surface area contributed by atoms with E-state index >= 15 is 0 Å². The maximum absolute atomic E-state index is 14.6. The van der Waals surface area contributed by atoms with E-state index in [-0.39, 0.29) is 5.04 Å². The van der Waals surface area contributed by atoms with Crippen LogP contribution in [0.15, 0.2) is 97.2 Å². The van der Waals surface area contributed by atoms with Gasteiger partial charge in [-0.15, -0.1) is 0 Å². The molecular weight excluding hydrogens is 790 g/mol. The van der Waals surface area contributed by atoms with Crippen molar-refractivity contribution >= 4 is 57.1 Å². The molecule has 1 atom stereocenters. The van der Waals surface area contributed by atoms with Crippen molar-refractivity contribution in [3.05, 3.63) is 114 Å². The molecule has 54 heavy (non-hydrogen) atoms. The van der Waals surface area contributed by atoms with Crippen LogP contribution < -0.4 is 10.4 Å². The smallest absolute Gasteiger partial charge is 0.406 e. The van der Waals surface area contributed by atoms with E-state index in [2.05, 4.69) is 113 Å². The van der Waals surface area contributed by atoms with Crippen LogP contribution in [0.2, 0.25) is 5.04 Å². The highest BCUT2D eigenvalue weighted by Crippen LogP contribution is 2.44. The third kappa shape index (κ3) is 8.13. The number of halogens is 4. The second-order valence-corrected chi connectivity index (χ2v) is 21.1. The highest BCUT2D eigenvalue weighted by Gasteiger charge is 2.51. The molecule has 0 N–H and O–H groups in total. The third-order valence-corrected chi connectivity index (χ3v) is 16.2. The molecule has 0 fully saturated rings. The number of fused-ring (bicyclic) bond motifs is 1. The molecule has 6 nitrogen and oxygen atoms in total. The van der Waals surface area contributed by atoms with E-state index in [1.54, 1.807) is 25.4 Å². The van der Waals surface area contributed by atoms with Gasteiger partial charge in [-0.05, 0) is 81.6 Å². The molecule has 0 spiro atoms. The lowest BCUT2D eigenvalue weighted by Crippen LogP contribution is -2.67. The lowest BCUT2D eigenvalue weighted by Gasteiger charge is -2.44. The first-order valence-corrected chi connectivity index (χ1v) is 21.7. The summed E-state index contributed by atoms with van der Waals surface area (Å²) in [4.78, 5) is 9.33. The summed E-state index contributed by atoms with van der Waals surface area (Å²) in [6.07, 6.45) is -2.87. The maximum Gasteiger partial charge on any atom is 0.406 e. The van der Waals surface area contributed by atoms with Gasteiger partial charge in [-0.3, -0.25) is 4.98 Å². The molecule has 284 valence electrons. The average molecular weight is 836 g/mol. The molecule has 6 rings (SSSR count). The molecule has 3 aromatic carbocycles. The second-order valence-electron chi connectivity index (χ2n) is 15.5. The highest BCUT2D eigenvalue weighted by atomic mass is 79.9. The minimum Gasteiger partial charge on any atom is -0.407 e. The number of ether oxygens (including phenoxy) is 1. The molecule has 1 unspecified atom stereocenters. The molecule has 0 aliphatic carbocycles. The van der Waals surface area contributed by atoms with E-state index in [1.807, 2.05) is 37.3 Å². The monoisotopic (exact) mass is 834 g/mol. The van der Waals surface area contributed by atoms with Gasteiger partial charge in [0.2, 0.25) is 0 Å². The molecule has 12 heteroatoms. The number of benzene rings is 3. The third-order valence-electron chi connectivity index (χ3n) is 9.92. The first-order chi connectivity index (χ1) is 25.6. The SMILES string of the molecule is COC(C)c1ncccc1-c1c(CC(C)(C)CO[Si](c2ccccc2)(c2ccccc2)C(C)(C)C)c2cc(-c3nc(CBr)ns3)ccc2n1CC(F)(F)F. The zero-order chi connectivity index (χ0) is 38.9. The zero-order valence-corrected chi connectivity index (χ0v) is 35.1. The van der Waals surface area contributed by atoms with Gasteiger partial charge in [-0.1, -0.05) is 111 Å². The van der Waals surface area contributed by atoms with Gasteiger partial charge in [0.05, 0.1) is 22.8 Å². The molecule has 3 aromatic heterocycles. The molecule has 0 saturated carbocycles. The van der Waals surface area contributed by atoms with Gasteiger partial charge in [0.1, 0.15) is 11.6 Å². The van der Waals surface area contributed by atoms with Crippen molar-refractivity contribution in [2.75, 3.05) is 13.7 Å². The Bertz CT molecular complexity index is 2160. The topological polar surface area (TPSA) is 62.1 Å². The van der Waals surface area contributed by atoms with Crippen LogP contribution in [-0.2, 0) is 27.5 Å². The average Bonchev–Trinajstić information content (AvgIpc) is 3.73. The molecular formula is C42H46BrF3N4O2SSi. The van der Waals surface area contributed by atoms with E-state index in [4.69, 9.17) is 9.16 Å². The molecule has 0 bridgehead atoms. The number of pyridine rings is 1. The Hall–Kier alpha value is -3.68. The molecule has 0 amide bonds. The first kappa shape index (κ1) is 40.0. The van der Waals surface area contributed by atoms with Crippen LogP contribution in [0.25, 0.3) is 32.7 Å². The van der Waals surface area contributed by atoms with Crippen molar-refractivity contribution in [1.82, 2.24) is 18.9 Å². The van der Waals surface area contributed by atoms with Crippen LogP contribution >= 0.6 is 27.5 Å². The van der Waals surface area contributed by atoms with E-state index < -0.39 is 32.6 Å². The molecule has 6 aromatic rings. The fourth-order valence-corrected chi connectivity index (χ4v) is 13.3. The number of methoxy groups -OCH3 is 1. The number of hydrogen-bond donors (Lipinski definition) is 0. The van der Waals surface area contributed by atoms with E-state index in [1.165, 1.54) is 26.5 Å². The maximum atomic E-state index is 14.6. The summed E-state index contributed by atoms with van der Waals surface area (Å²) < 4.78 is 62.8. The summed E-state index contributed by atoms with van der Waals surface area (Å²) in [6.45, 7) is 12.1. The van der Waals surface area contributed by atoms with Gasteiger partial charge in [-0.2, -0.15) is 17.5 Å². The largest absolute Gasteiger partial charge is 0.407 e. The second kappa shape index (κ2) is 15.8. The van der Waals surface area contributed by atoms with Crippen molar-refractivity contribution < 1.29 is 22.3 Å². The Kier molecular flexibility index (Phi) is 11.7. The Morgan fingerprint density at radius 3 is 2.09 bits per heavy atom. The lowest BCUT2D eigenvalue weighted by molar-refractivity contribution is -0.139. The van der Waals surface area contributed by atoms with Gasteiger partial charge in [-0.25, -0.2) is 4.98 Å². The van der Waals surface area contributed by atoms with Crippen LogP contribution in [0.5, 0.6) is 0 Å². The predicted octanol–water partition coefficient (Wildman–Crippen LogP) is 10.5. The van der Waals surface area contributed by atoms with Gasteiger partial charge in [0, 0.05) is 41.9 Å². The predicted molar refractivity (Wildman–Crippen MR) is 219 cm³/mol. The van der Waals surface area contributed by atoms with Gasteiger partial charge in [0.25, 0.3) is 8.32 Å². The molecule has 3 heterocycles. The molecule has 0 saturated heterocycles. The van der Waals surface area contributed by atoms with E-state index in [9.17, 15) is 13.2 Å². The molecule has 0 aliphatic heterocycles. The Labute approximate surface area is 329 Å². The quantitative estimate of drug-likeness (QED) is 0.0857. The standard InChI is InChI=1S/C42H46BrF3N4O2SSi/c1-28(51-7)37-32(19-14-22-47-37)38-34(33-23-29(39-48-36(25-43)49-53-39)20-21-35(33)50(38)26-42(44,45)46)24-41(5,6)27-52-54(40(2,3)4,30-15-10-8-11-16-30)31-17-12-9-13-18-31/h8-23,28H,24-27H2,1-7H3. The Balaban J connectivity index is 1.56. The number of nitrogens with zero attached hydrogens (tertiary/aromatic N) is 4. The number of alkyl halides is 4. The van der Waals surface area contributed by atoms with Gasteiger partial charge < -0.3 is 13.7 Å². The van der Waals surface area contributed by atoms with E-state index in [0.29, 0.717) is 51.7 Å². The summed E-state index contributed by atoms with van der Waals surface area (Å²) in [5, 5.41) is 4.02. The minimum atomic E-state index is -4.49. The fraction of sp³-hybridized carbons (Fsp3) is 0.357. The number of rotatable bonds is 13. The van der Waals surface area contributed by atoms with Crippen molar-refractivity contribution in [2.45, 2.75) is 77.2 Å². The molecule has 0 aliphatic rings. The summed E-state index contributed by atoms with van der Waals surface area (Å²) >= 11 is 4.71. The van der Waals surface area contributed by atoms with Crippen LogP contribution in [0.1, 0.15) is 64.7 Å². The normalized spacial score (nSPS) is 13.5. The van der Waals surface area contributed by atoms with Crippen molar-refractivity contribution in [3.63, 3.8) is 0 Å². The first-order valence-electron chi connectivity index (χ1n) is 17.9. The van der Waals surface area contributed by atoms with Crippen LogP contribution in [0.3, 0.4) is 0 Å². The number of aromatic nitrogens is 4. The highest BCUT2D eigenvalue weighted by molar-refractivity contribution is 9.08. The lowest BCUT2D eigenvalue weighted by atomic mass is 9.84. The minimum absolute atomic E-state index is 0.245.